The number of hydrogen-bond donors (Lipinski definition) is 1. The molecule has 4 aliphatic carbocycles. The maximum Gasteiger partial charge on any atom is 0.335 e. The van der Waals surface area contributed by atoms with E-state index in [1.54, 1.807) is 18.2 Å². The molecule has 220 valence electrons. The molecule has 0 atom stereocenters. The summed E-state index contributed by atoms with van der Waals surface area (Å²) in [5.41, 5.74) is 3.47. The predicted octanol–water partition coefficient (Wildman–Crippen LogP) is 6.80. The second kappa shape index (κ2) is 11.0. The Balaban J connectivity index is 1.12. The van der Waals surface area contributed by atoms with E-state index in [1.165, 1.54) is 50.2 Å². The fourth-order valence-corrected chi connectivity index (χ4v) is 8.22. The van der Waals surface area contributed by atoms with Crippen molar-refractivity contribution < 1.29 is 23.9 Å². The van der Waals surface area contributed by atoms with Gasteiger partial charge in [0.25, 0.3) is 11.8 Å². The fourth-order valence-electron chi connectivity index (χ4n) is 8.22. The SMILES string of the molecule is CCOc1cc(/C=C2\C(=O)NC(=O)N(c3ccc(C45CC6CC(CC(C6)C4)C5)cc3)C2=O)ccc1OCc1ccccc1. The Labute approximate surface area is 251 Å². The molecule has 1 aliphatic heterocycles. The number of nitrogens with zero attached hydrogens (tertiary/aromatic N) is 1. The van der Waals surface area contributed by atoms with Gasteiger partial charge in [-0.15, -0.1) is 0 Å². The molecule has 1 heterocycles. The summed E-state index contributed by atoms with van der Waals surface area (Å²) in [6, 6.07) is 22.2. The molecule has 43 heavy (non-hydrogen) atoms. The normalized spacial score (nSPS) is 27.0. The highest BCUT2D eigenvalue weighted by molar-refractivity contribution is 6.39. The number of benzene rings is 3. The van der Waals surface area contributed by atoms with Crippen LogP contribution in [-0.4, -0.2) is 24.5 Å². The van der Waals surface area contributed by atoms with E-state index in [2.05, 4.69) is 17.4 Å². The van der Waals surface area contributed by atoms with Crippen molar-refractivity contribution in [2.24, 2.45) is 17.8 Å². The summed E-state index contributed by atoms with van der Waals surface area (Å²) < 4.78 is 11.8. The minimum Gasteiger partial charge on any atom is -0.490 e. The summed E-state index contributed by atoms with van der Waals surface area (Å²) in [6.07, 6.45) is 9.33. The van der Waals surface area contributed by atoms with Gasteiger partial charge in [0.2, 0.25) is 0 Å². The second-order valence-corrected chi connectivity index (χ2v) is 12.6. The van der Waals surface area contributed by atoms with Gasteiger partial charge in [-0.1, -0.05) is 48.5 Å². The van der Waals surface area contributed by atoms with E-state index < -0.39 is 17.8 Å². The zero-order valence-electron chi connectivity index (χ0n) is 24.4. The molecular formula is C36H36N2O5. The zero-order valence-corrected chi connectivity index (χ0v) is 24.4. The molecule has 0 radical (unpaired) electrons. The van der Waals surface area contributed by atoms with Crippen LogP contribution in [0.25, 0.3) is 6.08 Å². The molecule has 1 saturated heterocycles. The predicted molar refractivity (Wildman–Crippen MR) is 164 cm³/mol. The van der Waals surface area contributed by atoms with Crippen LogP contribution >= 0.6 is 0 Å². The van der Waals surface area contributed by atoms with Gasteiger partial charge in [-0.2, -0.15) is 0 Å². The number of ether oxygens (including phenoxy) is 2. The van der Waals surface area contributed by atoms with Crippen LogP contribution in [-0.2, 0) is 21.6 Å². The number of carbonyl (C=O) groups is 3. The Bertz CT molecular complexity index is 1560. The molecule has 3 aromatic carbocycles. The average Bonchev–Trinajstić information content (AvgIpc) is 2.99. The molecule has 0 spiro atoms. The van der Waals surface area contributed by atoms with E-state index in [9.17, 15) is 14.4 Å². The Kier molecular flexibility index (Phi) is 7.04. The minimum absolute atomic E-state index is 0.120. The molecule has 5 aliphatic rings. The van der Waals surface area contributed by atoms with Crippen LogP contribution in [0.15, 0.2) is 78.4 Å². The minimum atomic E-state index is -0.741. The lowest BCUT2D eigenvalue weighted by Gasteiger charge is -2.57. The molecule has 4 bridgehead atoms. The van der Waals surface area contributed by atoms with Crippen LogP contribution in [0.1, 0.15) is 62.1 Å². The third-order valence-electron chi connectivity index (χ3n) is 9.69. The van der Waals surface area contributed by atoms with Crippen molar-refractivity contribution in [1.82, 2.24) is 5.32 Å². The summed E-state index contributed by atoms with van der Waals surface area (Å²) in [5, 5.41) is 2.34. The number of barbiturate groups is 1. The first-order valence-electron chi connectivity index (χ1n) is 15.4. The summed E-state index contributed by atoms with van der Waals surface area (Å²) in [5.74, 6) is 2.16. The van der Waals surface area contributed by atoms with E-state index in [0.717, 1.165) is 28.2 Å². The summed E-state index contributed by atoms with van der Waals surface area (Å²) in [4.78, 5) is 40.4. The molecular weight excluding hydrogens is 540 g/mol. The number of imide groups is 2. The van der Waals surface area contributed by atoms with Crippen LogP contribution < -0.4 is 19.7 Å². The standard InChI is InChI=1S/C36H36N2O5/c1-2-42-32-18-24(8-13-31(32)43-22-23-6-4-3-5-7-23)17-30-33(39)37-35(41)38(34(30)40)29-11-9-28(10-12-29)36-19-25-14-26(20-36)16-27(15-25)21-36/h3-13,17-18,25-27H,2,14-16,19-22H2,1H3,(H,37,39,41)/b30-17+. The topological polar surface area (TPSA) is 84.9 Å². The maximum atomic E-state index is 13.6. The first-order chi connectivity index (χ1) is 20.9. The van der Waals surface area contributed by atoms with Gasteiger partial charge in [-0.25, -0.2) is 9.69 Å². The van der Waals surface area contributed by atoms with E-state index in [1.807, 2.05) is 49.4 Å². The summed E-state index contributed by atoms with van der Waals surface area (Å²) >= 11 is 0. The Morgan fingerprint density at radius 1 is 0.837 bits per heavy atom. The number of hydrogen-bond acceptors (Lipinski definition) is 5. The Morgan fingerprint density at radius 3 is 2.16 bits per heavy atom. The van der Waals surface area contributed by atoms with Crippen LogP contribution in [0.3, 0.4) is 0 Å². The van der Waals surface area contributed by atoms with Crippen LogP contribution in [0.2, 0.25) is 0 Å². The molecule has 0 unspecified atom stereocenters. The first kappa shape index (κ1) is 27.4. The summed E-state index contributed by atoms with van der Waals surface area (Å²) in [7, 11) is 0. The zero-order chi connectivity index (χ0) is 29.6. The van der Waals surface area contributed by atoms with Crippen molar-refractivity contribution in [3.63, 3.8) is 0 Å². The first-order valence-corrected chi connectivity index (χ1v) is 15.4. The molecule has 3 aromatic rings. The highest BCUT2D eigenvalue weighted by Gasteiger charge is 2.51. The van der Waals surface area contributed by atoms with Crippen molar-refractivity contribution >= 4 is 29.6 Å². The number of nitrogens with one attached hydrogen (secondary N) is 1. The number of rotatable bonds is 8. The van der Waals surface area contributed by atoms with Crippen LogP contribution in [0.4, 0.5) is 10.5 Å². The Morgan fingerprint density at radius 2 is 1.51 bits per heavy atom. The highest BCUT2D eigenvalue weighted by Crippen LogP contribution is 2.60. The molecule has 5 fully saturated rings. The number of urea groups is 1. The van der Waals surface area contributed by atoms with Gasteiger partial charge in [0.1, 0.15) is 12.2 Å². The van der Waals surface area contributed by atoms with Crippen molar-refractivity contribution in [2.45, 2.75) is 57.5 Å². The van der Waals surface area contributed by atoms with E-state index >= 15 is 0 Å². The number of amides is 4. The third kappa shape index (κ3) is 5.22. The van der Waals surface area contributed by atoms with Crippen molar-refractivity contribution in [3.8, 4) is 11.5 Å². The molecule has 4 amide bonds. The molecule has 8 rings (SSSR count). The van der Waals surface area contributed by atoms with Crippen LogP contribution in [0, 0.1) is 17.8 Å². The molecule has 1 N–H and O–H groups in total. The maximum absolute atomic E-state index is 13.6. The fraction of sp³-hybridized carbons (Fsp3) is 0.361. The van der Waals surface area contributed by atoms with Gasteiger partial charge in [0, 0.05) is 0 Å². The number of anilines is 1. The molecule has 7 nitrogen and oxygen atoms in total. The lowest BCUT2D eigenvalue weighted by atomic mass is 9.48. The van der Waals surface area contributed by atoms with Gasteiger partial charge in [-0.05, 0) is 116 Å². The Hall–Kier alpha value is -4.39. The van der Waals surface area contributed by atoms with Crippen LogP contribution in [0.5, 0.6) is 11.5 Å². The molecule has 7 heteroatoms. The van der Waals surface area contributed by atoms with Gasteiger partial charge in [-0.3, -0.25) is 14.9 Å². The second-order valence-electron chi connectivity index (χ2n) is 12.6. The van der Waals surface area contributed by atoms with Crippen molar-refractivity contribution in [1.29, 1.82) is 0 Å². The van der Waals surface area contributed by atoms with Gasteiger partial charge < -0.3 is 9.47 Å². The van der Waals surface area contributed by atoms with Gasteiger partial charge in [0.15, 0.2) is 11.5 Å². The molecule has 0 aromatic heterocycles. The van der Waals surface area contributed by atoms with Crippen molar-refractivity contribution in [3.05, 3.63) is 95.1 Å². The summed E-state index contributed by atoms with van der Waals surface area (Å²) in [6.45, 7) is 2.67. The third-order valence-corrected chi connectivity index (χ3v) is 9.69. The smallest absolute Gasteiger partial charge is 0.335 e. The quantitative estimate of drug-likeness (QED) is 0.236. The largest absolute Gasteiger partial charge is 0.490 e. The van der Waals surface area contributed by atoms with Gasteiger partial charge >= 0.3 is 6.03 Å². The monoisotopic (exact) mass is 576 g/mol. The van der Waals surface area contributed by atoms with E-state index in [-0.39, 0.29) is 11.0 Å². The highest BCUT2D eigenvalue weighted by atomic mass is 16.5. The lowest BCUT2D eigenvalue weighted by Crippen LogP contribution is -2.54. The van der Waals surface area contributed by atoms with E-state index in [4.69, 9.17) is 9.47 Å². The number of carbonyl (C=O) groups excluding carboxylic acids is 3. The van der Waals surface area contributed by atoms with Gasteiger partial charge in [0.05, 0.1) is 12.3 Å². The average molecular weight is 577 g/mol. The van der Waals surface area contributed by atoms with E-state index in [0.29, 0.717) is 36.0 Å². The lowest BCUT2D eigenvalue weighted by molar-refractivity contribution is -0.122. The molecule has 4 saturated carbocycles. The van der Waals surface area contributed by atoms with Crippen molar-refractivity contribution in [2.75, 3.05) is 11.5 Å².